The van der Waals surface area contributed by atoms with Gasteiger partial charge in [0, 0.05) is 6.54 Å². The Morgan fingerprint density at radius 2 is 1.88 bits per heavy atom. The Bertz CT molecular complexity index is 502. The van der Waals surface area contributed by atoms with E-state index in [1.54, 1.807) is 0 Å². The van der Waals surface area contributed by atoms with Gasteiger partial charge in [0.15, 0.2) is 0 Å². The lowest BCUT2D eigenvalue weighted by Crippen LogP contribution is -2.01. The van der Waals surface area contributed by atoms with Crippen molar-refractivity contribution in [2.24, 2.45) is 0 Å². The van der Waals surface area contributed by atoms with Crippen LogP contribution in [0.1, 0.15) is 11.1 Å². The summed E-state index contributed by atoms with van der Waals surface area (Å²) in [5.74, 6) is 0.828. The molecular formula is C13H13BrN2O. The van der Waals surface area contributed by atoms with Crippen molar-refractivity contribution in [3.05, 3.63) is 58.2 Å². The van der Waals surface area contributed by atoms with E-state index in [-0.39, 0.29) is 6.61 Å². The average molecular weight is 293 g/mol. The Balaban J connectivity index is 2.02. The molecule has 1 aromatic carbocycles. The zero-order chi connectivity index (χ0) is 12.1. The van der Waals surface area contributed by atoms with Crippen LogP contribution in [-0.4, -0.2) is 10.1 Å². The van der Waals surface area contributed by atoms with Crippen LogP contribution in [0.5, 0.6) is 0 Å². The van der Waals surface area contributed by atoms with Gasteiger partial charge < -0.3 is 10.4 Å². The number of benzene rings is 1. The van der Waals surface area contributed by atoms with Crippen LogP contribution in [-0.2, 0) is 13.2 Å². The summed E-state index contributed by atoms with van der Waals surface area (Å²) in [5.41, 5.74) is 2.05. The fraction of sp³-hybridized carbons (Fsp3) is 0.154. The molecule has 0 aliphatic heterocycles. The number of rotatable bonds is 4. The van der Waals surface area contributed by atoms with Gasteiger partial charge >= 0.3 is 0 Å². The van der Waals surface area contributed by atoms with Crippen molar-refractivity contribution in [1.82, 2.24) is 4.98 Å². The molecule has 1 aromatic heterocycles. The number of nitrogens with one attached hydrogen (secondary N) is 1. The van der Waals surface area contributed by atoms with Gasteiger partial charge in [-0.25, -0.2) is 4.98 Å². The highest BCUT2D eigenvalue weighted by atomic mass is 79.9. The van der Waals surface area contributed by atoms with Gasteiger partial charge in [0.05, 0.1) is 6.61 Å². The molecule has 3 nitrogen and oxygen atoms in total. The normalized spacial score (nSPS) is 10.2. The molecule has 17 heavy (non-hydrogen) atoms. The largest absolute Gasteiger partial charge is 0.392 e. The van der Waals surface area contributed by atoms with Crippen molar-refractivity contribution in [3.8, 4) is 0 Å². The lowest BCUT2D eigenvalue weighted by molar-refractivity contribution is 0.281. The molecule has 0 spiro atoms. The maximum atomic E-state index is 9.04. The lowest BCUT2D eigenvalue weighted by atomic mass is 10.1. The summed E-state index contributed by atoms with van der Waals surface area (Å²) in [5, 5.41) is 12.3. The minimum atomic E-state index is 0.0724. The van der Waals surface area contributed by atoms with Crippen LogP contribution in [0.3, 0.4) is 0 Å². The first-order valence-electron chi connectivity index (χ1n) is 5.33. The first kappa shape index (κ1) is 12.1. The maximum Gasteiger partial charge on any atom is 0.127 e. The van der Waals surface area contributed by atoms with Crippen molar-refractivity contribution in [1.29, 1.82) is 0 Å². The van der Waals surface area contributed by atoms with Crippen molar-refractivity contribution in [2.75, 3.05) is 5.32 Å². The van der Waals surface area contributed by atoms with Gasteiger partial charge in [-0.05, 0) is 39.2 Å². The number of hydrogen-bond donors (Lipinski definition) is 2. The summed E-state index contributed by atoms with van der Waals surface area (Å²) >= 11 is 3.33. The average Bonchev–Trinajstić information content (AvgIpc) is 2.37. The highest BCUT2D eigenvalue weighted by Gasteiger charge is 1.97. The molecule has 2 N–H and O–H groups in total. The standard InChI is InChI=1S/C13H13BrN2O/c14-12-5-2-6-13(16-12)15-8-10-3-1-4-11(7-10)9-17/h1-7,17H,8-9H2,(H,15,16). The number of pyridine rings is 1. The van der Waals surface area contributed by atoms with E-state index in [1.807, 2.05) is 42.5 Å². The third-order valence-electron chi connectivity index (χ3n) is 2.36. The number of halogens is 1. The molecule has 0 atom stereocenters. The lowest BCUT2D eigenvalue weighted by Gasteiger charge is -2.07. The van der Waals surface area contributed by atoms with E-state index in [4.69, 9.17) is 5.11 Å². The van der Waals surface area contributed by atoms with E-state index >= 15 is 0 Å². The van der Waals surface area contributed by atoms with Gasteiger partial charge in [-0.15, -0.1) is 0 Å². The van der Waals surface area contributed by atoms with Crippen LogP contribution < -0.4 is 5.32 Å². The summed E-state index contributed by atoms with van der Waals surface area (Å²) in [6.07, 6.45) is 0. The highest BCUT2D eigenvalue weighted by Crippen LogP contribution is 2.12. The molecule has 0 saturated heterocycles. The first-order chi connectivity index (χ1) is 8.28. The van der Waals surface area contributed by atoms with Gasteiger partial charge in [0.25, 0.3) is 0 Å². The molecular weight excluding hydrogens is 280 g/mol. The third-order valence-corrected chi connectivity index (χ3v) is 2.80. The van der Waals surface area contributed by atoms with E-state index in [1.165, 1.54) is 0 Å². The van der Waals surface area contributed by atoms with Gasteiger partial charge in [0.1, 0.15) is 10.4 Å². The SMILES string of the molecule is OCc1cccc(CNc2cccc(Br)n2)c1. The van der Waals surface area contributed by atoms with Crippen molar-refractivity contribution < 1.29 is 5.11 Å². The predicted molar refractivity (Wildman–Crippen MR) is 71.6 cm³/mol. The van der Waals surface area contributed by atoms with E-state index in [2.05, 4.69) is 26.2 Å². The minimum absolute atomic E-state index is 0.0724. The first-order valence-corrected chi connectivity index (χ1v) is 6.12. The van der Waals surface area contributed by atoms with Crippen LogP contribution in [0.4, 0.5) is 5.82 Å². The van der Waals surface area contributed by atoms with Gasteiger partial charge in [-0.3, -0.25) is 0 Å². The Kier molecular flexibility index (Phi) is 4.12. The minimum Gasteiger partial charge on any atom is -0.392 e. The molecule has 0 aliphatic carbocycles. The van der Waals surface area contributed by atoms with Crippen LogP contribution >= 0.6 is 15.9 Å². The Morgan fingerprint density at radius 1 is 1.12 bits per heavy atom. The topological polar surface area (TPSA) is 45.1 Å². The smallest absolute Gasteiger partial charge is 0.127 e. The molecule has 0 amide bonds. The number of nitrogens with zero attached hydrogens (tertiary/aromatic N) is 1. The molecule has 4 heteroatoms. The van der Waals surface area contributed by atoms with Crippen LogP contribution in [0.25, 0.3) is 0 Å². The summed E-state index contributed by atoms with van der Waals surface area (Å²) in [7, 11) is 0. The third kappa shape index (κ3) is 3.54. The number of anilines is 1. The summed E-state index contributed by atoms with van der Waals surface area (Å²) < 4.78 is 0.812. The Morgan fingerprint density at radius 3 is 2.65 bits per heavy atom. The number of aliphatic hydroxyl groups is 1. The van der Waals surface area contributed by atoms with E-state index in [0.29, 0.717) is 6.54 Å². The van der Waals surface area contributed by atoms with Crippen molar-refractivity contribution in [2.45, 2.75) is 13.2 Å². The molecule has 0 saturated carbocycles. The zero-order valence-corrected chi connectivity index (χ0v) is 10.8. The van der Waals surface area contributed by atoms with Gasteiger partial charge in [0.2, 0.25) is 0 Å². The fourth-order valence-corrected chi connectivity index (χ4v) is 1.88. The molecule has 0 fully saturated rings. The van der Waals surface area contributed by atoms with Crippen molar-refractivity contribution in [3.63, 3.8) is 0 Å². The molecule has 2 aromatic rings. The second-order valence-corrected chi connectivity index (χ2v) is 4.49. The predicted octanol–water partition coefficient (Wildman–Crippen LogP) is 2.95. The molecule has 0 radical (unpaired) electrons. The number of hydrogen-bond acceptors (Lipinski definition) is 3. The molecule has 0 unspecified atom stereocenters. The summed E-state index contributed by atoms with van der Waals surface area (Å²) in [6.45, 7) is 0.764. The summed E-state index contributed by atoms with van der Waals surface area (Å²) in [6, 6.07) is 13.6. The maximum absolute atomic E-state index is 9.04. The highest BCUT2D eigenvalue weighted by molar-refractivity contribution is 9.10. The molecule has 88 valence electrons. The van der Waals surface area contributed by atoms with Crippen LogP contribution in [0.2, 0.25) is 0 Å². The second kappa shape index (κ2) is 5.80. The number of aromatic nitrogens is 1. The molecule has 0 bridgehead atoms. The molecule has 1 heterocycles. The van der Waals surface area contributed by atoms with Gasteiger partial charge in [-0.1, -0.05) is 30.3 Å². The van der Waals surface area contributed by atoms with E-state index < -0.39 is 0 Å². The van der Waals surface area contributed by atoms with E-state index in [0.717, 1.165) is 21.5 Å². The van der Waals surface area contributed by atoms with Crippen LogP contribution in [0.15, 0.2) is 47.1 Å². The molecule has 2 rings (SSSR count). The molecule has 0 aliphatic rings. The van der Waals surface area contributed by atoms with Crippen LogP contribution in [0, 0.1) is 0 Å². The fourth-order valence-electron chi connectivity index (χ4n) is 1.54. The van der Waals surface area contributed by atoms with Gasteiger partial charge in [-0.2, -0.15) is 0 Å². The second-order valence-electron chi connectivity index (χ2n) is 3.68. The quantitative estimate of drug-likeness (QED) is 0.852. The summed E-state index contributed by atoms with van der Waals surface area (Å²) in [4.78, 5) is 4.29. The van der Waals surface area contributed by atoms with E-state index in [9.17, 15) is 0 Å². The van der Waals surface area contributed by atoms with Crippen molar-refractivity contribution >= 4 is 21.7 Å². The Labute approximate surface area is 109 Å². The Hall–Kier alpha value is -1.39. The zero-order valence-electron chi connectivity index (χ0n) is 9.23. The monoisotopic (exact) mass is 292 g/mol. The number of aliphatic hydroxyl groups excluding tert-OH is 1.